The van der Waals surface area contributed by atoms with E-state index in [-0.39, 0.29) is 6.61 Å². The van der Waals surface area contributed by atoms with Crippen LogP contribution in [0.3, 0.4) is 0 Å². The zero-order valence-electron chi connectivity index (χ0n) is 14.6. The van der Waals surface area contributed by atoms with Gasteiger partial charge in [0.2, 0.25) is 0 Å². The van der Waals surface area contributed by atoms with Gasteiger partial charge in [-0.1, -0.05) is 41.9 Å². The highest BCUT2D eigenvalue weighted by molar-refractivity contribution is 6.30. The molecular formula is C21H19ClN2O3. The number of ether oxygens (including phenoxy) is 1. The highest BCUT2D eigenvalue weighted by Gasteiger charge is 2.05. The summed E-state index contributed by atoms with van der Waals surface area (Å²) in [5.74, 6) is 0.468. The molecule has 0 atom stereocenters. The van der Waals surface area contributed by atoms with Crippen molar-refractivity contribution in [2.75, 3.05) is 6.54 Å². The number of benzene rings is 2. The number of hydrogen-bond acceptors (Lipinski definition) is 4. The fraction of sp³-hybridized carbons (Fsp3) is 0.143. The van der Waals surface area contributed by atoms with Crippen molar-refractivity contribution in [2.45, 2.75) is 13.0 Å². The number of aromatic nitrogens is 1. The van der Waals surface area contributed by atoms with E-state index < -0.39 is 6.09 Å². The first-order valence-electron chi connectivity index (χ1n) is 8.50. The highest BCUT2D eigenvalue weighted by Crippen LogP contribution is 2.23. The summed E-state index contributed by atoms with van der Waals surface area (Å²) in [5.41, 5.74) is 3.64. The maximum absolute atomic E-state index is 11.9. The molecular weight excluding hydrogens is 364 g/mol. The third kappa shape index (κ3) is 5.54. The van der Waals surface area contributed by atoms with Crippen molar-refractivity contribution in [1.29, 1.82) is 0 Å². The van der Waals surface area contributed by atoms with Crippen LogP contribution in [0.15, 0.2) is 66.9 Å². The van der Waals surface area contributed by atoms with Crippen molar-refractivity contribution >= 4 is 17.7 Å². The quantitative estimate of drug-likeness (QED) is 0.669. The summed E-state index contributed by atoms with van der Waals surface area (Å²) in [4.78, 5) is 16.1. The van der Waals surface area contributed by atoms with Gasteiger partial charge in [0.1, 0.15) is 5.75 Å². The molecule has 0 spiro atoms. The first-order valence-corrected chi connectivity index (χ1v) is 8.88. The van der Waals surface area contributed by atoms with E-state index in [1.165, 1.54) is 0 Å². The second-order valence-electron chi connectivity index (χ2n) is 5.91. The number of nitrogens with zero attached hydrogens (tertiary/aromatic N) is 1. The van der Waals surface area contributed by atoms with E-state index in [1.54, 1.807) is 18.3 Å². The molecule has 3 aromatic rings. The van der Waals surface area contributed by atoms with Crippen LogP contribution in [-0.4, -0.2) is 22.7 Å². The number of rotatable bonds is 6. The van der Waals surface area contributed by atoms with Gasteiger partial charge < -0.3 is 15.2 Å². The molecule has 27 heavy (non-hydrogen) atoms. The first kappa shape index (κ1) is 18.9. The van der Waals surface area contributed by atoms with Gasteiger partial charge in [0.25, 0.3) is 0 Å². The Balaban J connectivity index is 1.48. The Morgan fingerprint density at radius 3 is 2.26 bits per heavy atom. The van der Waals surface area contributed by atoms with Crippen LogP contribution < -0.4 is 10.1 Å². The molecule has 1 amide bonds. The molecule has 6 heteroatoms. The number of amides is 1. The molecule has 0 radical (unpaired) electrons. The predicted molar refractivity (Wildman–Crippen MR) is 105 cm³/mol. The number of carbonyl (C=O) groups excluding carboxylic acids is 1. The van der Waals surface area contributed by atoms with Gasteiger partial charge in [-0.15, -0.1) is 0 Å². The van der Waals surface area contributed by atoms with Gasteiger partial charge >= 0.3 is 6.09 Å². The van der Waals surface area contributed by atoms with Crippen LogP contribution in [0.5, 0.6) is 5.75 Å². The number of carbonyl (C=O) groups is 1. The Morgan fingerprint density at radius 1 is 1.00 bits per heavy atom. The molecule has 2 aromatic carbocycles. The fourth-order valence-corrected chi connectivity index (χ4v) is 2.62. The van der Waals surface area contributed by atoms with Crippen LogP contribution in [-0.2, 0) is 13.0 Å². The number of nitrogens with one attached hydrogen (secondary N) is 1. The van der Waals surface area contributed by atoms with Crippen molar-refractivity contribution in [3.8, 4) is 16.9 Å². The maximum atomic E-state index is 11.9. The molecule has 1 aromatic heterocycles. The van der Waals surface area contributed by atoms with E-state index in [0.29, 0.717) is 23.7 Å². The zero-order valence-corrected chi connectivity index (χ0v) is 15.3. The summed E-state index contributed by atoms with van der Waals surface area (Å²) < 4.78 is 5.27. The van der Waals surface area contributed by atoms with Gasteiger partial charge in [0.15, 0.2) is 0 Å². The van der Waals surface area contributed by atoms with E-state index in [9.17, 15) is 4.79 Å². The Morgan fingerprint density at radius 2 is 1.67 bits per heavy atom. The van der Waals surface area contributed by atoms with Gasteiger partial charge in [-0.2, -0.15) is 0 Å². The Hall–Kier alpha value is -2.89. The lowest BCUT2D eigenvalue weighted by Crippen LogP contribution is -2.28. The van der Waals surface area contributed by atoms with E-state index >= 15 is 0 Å². The van der Waals surface area contributed by atoms with Gasteiger partial charge in [-0.3, -0.25) is 4.98 Å². The van der Waals surface area contributed by atoms with Crippen LogP contribution in [0, 0.1) is 0 Å². The van der Waals surface area contributed by atoms with Crippen molar-refractivity contribution in [3.63, 3.8) is 0 Å². The second-order valence-corrected chi connectivity index (χ2v) is 6.35. The standard InChI is InChI=1S/C21H19ClN2O3/c22-18-6-2-16(3-7-18)17-4-9-20(10-5-17)27-21(26)23-12-11-19-8-1-15(14-25)13-24-19/h1-10,13,25H,11-12,14H2,(H,23,26). The molecule has 0 aliphatic carbocycles. The van der Waals surface area contributed by atoms with Gasteiger partial charge in [-0.25, -0.2) is 4.79 Å². The zero-order chi connectivity index (χ0) is 19.1. The SMILES string of the molecule is O=C(NCCc1ccc(CO)cn1)Oc1ccc(-c2ccc(Cl)cc2)cc1. The first-order chi connectivity index (χ1) is 13.1. The molecule has 0 aliphatic rings. The Bertz CT molecular complexity index is 879. The van der Waals surface area contributed by atoms with E-state index in [4.69, 9.17) is 21.4 Å². The minimum absolute atomic E-state index is 0.0331. The summed E-state index contributed by atoms with van der Waals surface area (Å²) in [6.07, 6.45) is 1.69. The van der Waals surface area contributed by atoms with Crippen LogP contribution in [0.25, 0.3) is 11.1 Å². The second kappa shape index (κ2) is 9.16. The fourth-order valence-electron chi connectivity index (χ4n) is 2.49. The molecule has 0 bridgehead atoms. The molecule has 0 saturated carbocycles. The minimum Gasteiger partial charge on any atom is -0.410 e. The number of pyridine rings is 1. The number of aliphatic hydroxyl groups is 1. The summed E-state index contributed by atoms with van der Waals surface area (Å²) >= 11 is 5.90. The third-order valence-corrected chi connectivity index (χ3v) is 4.21. The van der Waals surface area contributed by atoms with Gasteiger partial charge in [0, 0.05) is 29.9 Å². The van der Waals surface area contributed by atoms with Crippen molar-refractivity contribution in [3.05, 3.63) is 83.1 Å². The third-order valence-electron chi connectivity index (χ3n) is 3.96. The van der Waals surface area contributed by atoms with Crippen molar-refractivity contribution in [1.82, 2.24) is 10.3 Å². The molecule has 0 saturated heterocycles. The molecule has 1 heterocycles. The Labute approximate surface area is 162 Å². The molecule has 138 valence electrons. The van der Waals surface area contributed by atoms with E-state index in [0.717, 1.165) is 22.4 Å². The average molecular weight is 383 g/mol. The molecule has 2 N–H and O–H groups in total. The molecule has 3 rings (SSSR count). The lowest BCUT2D eigenvalue weighted by Gasteiger charge is -2.08. The predicted octanol–water partition coefficient (Wildman–Crippen LogP) is 4.23. The maximum Gasteiger partial charge on any atom is 0.412 e. The number of halogens is 1. The van der Waals surface area contributed by atoms with Crippen LogP contribution in [0.2, 0.25) is 5.02 Å². The van der Waals surface area contributed by atoms with Crippen LogP contribution in [0.1, 0.15) is 11.3 Å². The van der Waals surface area contributed by atoms with E-state index in [1.807, 2.05) is 48.5 Å². The Kier molecular flexibility index (Phi) is 6.41. The topological polar surface area (TPSA) is 71.5 Å². The van der Waals surface area contributed by atoms with Gasteiger partial charge in [0.05, 0.1) is 6.61 Å². The largest absolute Gasteiger partial charge is 0.412 e. The van der Waals surface area contributed by atoms with Crippen molar-refractivity contribution < 1.29 is 14.6 Å². The minimum atomic E-state index is -0.513. The van der Waals surface area contributed by atoms with E-state index in [2.05, 4.69) is 10.3 Å². The monoisotopic (exact) mass is 382 g/mol. The number of aliphatic hydroxyl groups excluding tert-OH is 1. The smallest absolute Gasteiger partial charge is 0.410 e. The van der Waals surface area contributed by atoms with Crippen LogP contribution in [0.4, 0.5) is 4.79 Å². The summed E-state index contributed by atoms with van der Waals surface area (Å²) in [6, 6.07) is 18.4. The normalized spacial score (nSPS) is 10.4. The molecule has 0 fully saturated rings. The average Bonchev–Trinajstić information content (AvgIpc) is 2.70. The van der Waals surface area contributed by atoms with Crippen LogP contribution >= 0.6 is 11.6 Å². The number of hydrogen-bond donors (Lipinski definition) is 2. The molecule has 5 nitrogen and oxygen atoms in total. The lowest BCUT2D eigenvalue weighted by molar-refractivity contribution is 0.200. The van der Waals surface area contributed by atoms with Gasteiger partial charge in [-0.05, 0) is 47.0 Å². The highest BCUT2D eigenvalue weighted by atomic mass is 35.5. The van der Waals surface area contributed by atoms with Crippen molar-refractivity contribution in [2.24, 2.45) is 0 Å². The summed E-state index contributed by atoms with van der Waals surface area (Å²) in [5, 5.41) is 12.4. The summed E-state index contributed by atoms with van der Waals surface area (Å²) in [6.45, 7) is 0.377. The summed E-state index contributed by atoms with van der Waals surface area (Å²) in [7, 11) is 0. The molecule has 0 unspecified atom stereocenters. The lowest BCUT2D eigenvalue weighted by atomic mass is 10.1. The molecule has 0 aliphatic heterocycles.